The van der Waals surface area contributed by atoms with E-state index in [2.05, 4.69) is 41.7 Å². The molecule has 42 heavy (non-hydrogen) atoms. The van der Waals surface area contributed by atoms with E-state index >= 15 is 0 Å². The van der Waals surface area contributed by atoms with E-state index in [0.717, 1.165) is 24.0 Å². The Morgan fingerprint density at radius 3 is 2.74 bits per heavy atom. The number of nitrogens with zero attached hydrogens (tertiary/aromatic N) is 1. The standard InChI is InChI=1S/C34H44FN3O4/c1-4-8-29-31-32(29)34(41)38(14-5-2)15-13-26(30(39)21-36-20-25-10-7-9-23(6-3)16-25)12-11-24-17-27(35)19-28(18-24)42-22-37-33(31)40/h1,7,9-10,16-19,26,29-32,36,39H,5-6,8,11-15,20-22H2,2-3H3,(H,37,40). The Hall–Kier alpha value is -3.41. The fourth-order valence-corrected chi connectivity index (χ4v) is 6.12. The molecule has 4 rings (SSSR count). The van der Waals surface area contributed by atoms with Crippen LogP contribution in [0.15, 0.2) is 42.5 Å². The Balaban J connectivity index is 1.51. The van der Waals surface area contributed by atoms with Crippen LogP contribution in [0.5, 0.6) is 5.75 Å². The molecular weight excluding hydrogens is 533 g/mol. The van der Waals surface area contributed by atoms with E-state index in [-0.39, 0.29) is 30.4 Å². The van der Waals surface area contributed by atoms with Crippen LogP contribution in [0.25, 0.3) is 0 Å². The number of aliphatic hydroxyl groups is 1. The lowest BCUT2D eigenvalue weighted by molar-refractivity contribution is -0.135. The quantitative estimate of drug-likeness (QED) is 0.391. The average Bonchev–Trinajstić information content (AvgIpc) is 3.69. The van der Waals surface area contributed by atoms with Gasteiger partial charge in [0, 0.05) is 38.7 Å². The average molecular weight is 578 g/mol. The molecule has 2 aromatic rings. The van der Waals surface area contributed by atoms with Crippen LogP contribution in [0.2, 0.25) is 0 Å². The van der Waals surface area contributed by atoms with E-state index < -0.39 is 23.8 Å². The molecule has 1 aliphatic heterocycles. The molecule has 226 valence electrons. The third kappa shape index (κ3) is 8.33. The number of aliphatic hydroxyl groups excluding tert-OH is 1. The first-order valence-corrected chi connectivity index (χ1v) is 15.2. The van der Waals surface area contributed by atoms with E-state index in [0.29, 0.717) is 57.6 Å². The molecule has 1 heterocycles. The van der Waals surface area contributed by atoms with Crippen molar-refractivity contribution in [1.29, 1.82) is 0 Å². The predicted molar refractivity (Wildman–Crippen MR) is 161 cm³/mol. The third-order valence-corrected chi connectivity index (χ3v) is 8.53. The van der Waals surface area contributed by atoms with Gasteiger partial charge in [0.05, 0.1) is 17.9 Å². The van der Waals surface area contributed by atoms with Crippen LogP contribution < -0.4 is 15.4 Å². The van der Waals surface area contributed by atoms with Crippen LogP contribution in [-0.2, 0) is 29.0 Å². The lowest BCUT2D eigenvalue weighted by atomic mass is 9.90. The van der Waals surface area contributed by atoms with Gasteiger partial charge in [0.25, 0.3) is 0 Å². The molecule has 5 atom stereocenters. The van der Waals surface area contributed by atoms with Crippen molar-refractivity contribution < 1.29 is 23.8 Å². The van der Waals surface area contributed by atoms with Crippen molar-refractivity contribution in [2.45, 2.75) is 65.0 Å². The summed E-state index contributed by atoms with van der Waals surface area (Å²) in [7, 11) is 0. The van der Waals surface area contributed by atoms with Crippen molar-refractivity contribution in [3.8, 4) is 18.1 Å². The highest BCUT2D eigenvalue weighted by Gasteiger charge is 2.59. The number of aryl methyl sites for hydroxylation is 2. The van der Waals surface area contributed by atoms with Crippen LogP contribution in [0.4, 0.5) is 4.39 Å². The second-order valence-electron chi connectivity index (χ2n) is 11.5. The van der Waals surface area contributed by atoms with Gasteiger partial charge in [-0.25, -0.2) is 4.39 Å². The molecule has 5 unspecified atom stereocenters. The first kappa shape index (κ1) is 31.5. The van der Waals surface area contributed by atoms with Gasteiger partial charge in [-0.3, -0.25) is 9.59 Å². The normalized spacial score (nSPS) is 23.7. The van der Waals surface area contributed by atoms with Crippen LogP contribution >= 0.6 is 0 Å². The number of carbonyl (C=O) groups excluding carboxylic acids is 2. The number of benzene rings is 2. The number of halogens is 1. The molecule has 2 aromatic carbocycles. The summed E-state index contributed by atoms with van der Waals surface area (Å²) < 4.78 is 20.1. The number of carbonyl (C=O) groups is 2. The largest absolute Gasteiger partial charge is 0.473 e. The molecule has 8 heteroatoms. The van der Waals surface area contributed by atoms with E-state index in [1.165, 1.54) is 17.7 Å². The van der Waals surface area contributed by atoms with E-state index in [1.54, 1.807) is 6.07 Å². The fraction of sp³-hybridized carbons (Fsp3) is 0.529. The molecule has 1 saturated carbocycles. The van der Waals surface area contributed by atoms with Gasteiger partial charge in [0.1, 0.15) is 11.6 Å². The monoisotopic (exact) mass is 577 g/mol. The number of terminal acetylenes is 1. The predicted octanol–water partition coefficient (Wildman–Crippen LogP) is 4.07. The summed E-state index contributed by atoms with van der Waals surface area (Å²) in [5.41, 5.74) is 3.19. The molecule has 0 spiro atoms. The fourth-order valence-electron chi connectivity index (χ4n) is 6.12. The van der Waals surface area contributed by atoms with Crippen LogP contribution in [-0.4, -0.2) is 54.3 Å². The summed E-state index contributed by atoms with van der Waals surface area (Å²) in [5.74, 6) is 0.860. The zero-order chi connectivity index (χ0) is 30.1. The van der Waals surface area contributed by atoms with Crippen LogP contribution in [0, 0.1) is 41.8 Å². The first-order chi connectivity index (χ1) is 20.3. The number of nitrogens with one attached hydrogen (secondary N) is 2. The van der Waals surface area contributed by atoms with Crippen molar-refractivity contribution in [2.24, 2.45) is 23.7 Å². The highest BCUT2D eigenvalue weighted by atomic mass is 19.1. The van der Waals surface area contributed by atoms with Crippen molar-refractivity contribution in [1.82, 2.24) is 15.5 Å². The van der Waals surface area contributed by atoms with E-state index in [4.69, 9.17) is 11.2 Å². The highest BCUT2D eigenvalue weighted by Crippen LogP contribution is 2.50. The molecule has 0 saturated heterocycles. The molecule has 7 nitrogen and oxygen atoms in total. The van der Waals surface area contributed by atoms with Crippen molar-refractivity contribution >= 4 is 11.8 Å². The zero-order valence-corrected chi connectivity index (χ0v) is 24.8. The molecule has 3 N–H and O–H groups in total. The van der Waals surface area contributed by atoms with Gasteiger partial charge in [-0.1, -0.05) is 38.1 Å². The lowest BCUT2D eigenvalue weighted by Crippen LogP contribution is -2.39. The summed E-state index contributed by atoms with van der Waals surface area (Å²) in [6.45, 7) is 6.09. The minimum absolute atomic E-state index is 0.0558. The summed E-state index contributed by atoms with van der Waals surface area (Å²) in [4.78, 5) is 28.5. The Morgan fingerprint density at radius 2 is 1.98 bits per heavy atom. The SMILES string of the molecule is C#CCC1C2C(=O)NCOc3cc(F)cc(c3)CCC(C(O)CNCc3cccc(CC)c3)CCN(CCC)C(=O)C12. The molecule has 1 fully saturated rings. The Morgan fingerprint density at radius 1 is 1.17 bits per heavy atom. The summed E-state index contributed by atoms with van der Waals surface area (Å²) >= 11 is 0. The summed E-state index contributed by atoms with van der Waals surface area (Å²) in [6.07, 6.45) is 8.74. The minimum Gasteiger partial charge on any atom is -0.473 e. The number of hydrogen-bond donors (Lipinski definition) is 3. The molecule has 0 radical (unpaired) electrons. The maximum Gasteiger partial charge on any atom is 0.226 e. The van der Waals surface area contributed by atoms with Gasteiger partial charge in [0.2, 0.25) is 11.8 Å². The number of ether oxygens (including phenoxy) is 1. The highest BCUT2D eigenvalue weighted by molar-refractivity contribution is 5.93. The maximum absolute atomic E-state index is 14.5. The van der Waals surface area contributed by atoms with Gasteiger partial charge in [-0.05, 0) is 72.8 Å². The zero-order valence-electron chi connectivity index (χ0n) is 24.8. The molecule has 1 aliphatic carbocycles. The second kappa shape index (κ2) is 15.2. The molecule has 0 aromatic heterocycles. The molecular formula is C34H44FN3O4. The van der Waals surface area contributed by atoms with Crippen molar-refractivity contribution in [2.75, 3.05) is 26.4 Å². The third-order valence-electron chi connectivity index (χ3n) is 8.53. The maximum atomic E-state index is 14.5. The van der Waals surface area contributed by atoms with E-state index in [9.17, 15) is 19.1 Å². The smallest absolute Gasteiger partial charge is 0.226 e. The topological polar surface area (TPSA) is 90.9 Å². The number of hydrogen-bond acceptors (Lipinski definition) is 5. The Labute approximate surface area is 249 Å². The minimum atomic E-state index is -0.658. The number of rotatable bonds is 9. The van der Waals surface area contributed by atoms with Gasteiger partial charge in [-0.2, -0.15) is 0 Å². The summed E-state index contributed by atoms with van der Waals surface area (Å²) in [6, 6.07) is 12.9. The Bertz CT molecular complexity index is 1260. The molecule has 2 bridgehead atoms. The van der Waals surface area contributed by atoms with Crippen molar-refractivity contribution in [3.05, 3.63) is 65.0 Å². The number of amides is 2. The van der Waals surface area contributed by atoms with E-state index in [1.807, 2.05) is 17.9 Å². The van der Waals surface area contributed by atoms with Gasteiger partial charge in [0.15, 0.2) is 6.73 Å². The molecule has 2 aliphatic rings. The van der Waals surface area contributed by atoms with Gasteiger partial charge < -0.3 is 25.4 Å². The Kier molecular flexibility index (Phi) is 11.4. The lowest BCUT2D eigenvalue weighted by Gasteiger charge is -2.28. The first-order valence-electron chi connectivity index (χ1n) is 15.2. The van der Waals surface area contributed by atoms with Gasteiger partial charge in [-0.15, -0.1) is 12.3 Å². The summed E-state index contributed by atoms with van der Waals surface area (Å²) in [5, 5.41) is 17.5. The van der Waals surface area contributed by atoms with Crippen LogP contribution in [0.3, 0.4) is 0 Å². The van der Waals surface area contributed by atoms with Crippen LogP contribution in [0.1, 0.15) is 56.2 Å². The second-order valence-corrected chi connectivity index (χ2v) is 11.5. The van der Waals surface area contributed by atoms with Gasteiger partial charge >= 0.3 is 0 Å². The molecule has 2 amide bonds. The van der Waals surface area contributed by atoms with Crippen molar-refractivity contribution in [3.63, 3.8) is 0 Å². The number of fused-ring (bicyclic) bond motifs is 3.